The second-order valence-electron chi connectivity index (χ2n) is 7.77. The Hall–Kier alpha value is -1.96. The zero-order chi connectivity index (χ0) is 18.4. The molecule has 4 fully saturated rings. The summed E-state index contributed by atoms with van der Waals surface area (Å²) in [5.74, 6) is -2.53. The summed E-state index contributed by atoms with van der Waals surface area (Å²) in [5, 5.41) is 8.90. The first-order chi connectivity index (χ1) is 12.5. The van der Waals surface area contributed by atoms with Gasteiger partial charge < -0.3 is 14.7 Å². The maximum absolute atomic E-state index is 12.8. The molecule has 0 aromatic rings. The number of carbonyl (C=O) groups is 4. The van der Waals surface area contributed by atoms with Crippen LogP contribution in [0, 0.1) is 11.8 Å². The number of carboxylic acid groups (broad SMARTS) is 1. The molecule has 4 heterocycles. The molecular weight excluding hydrogens is 340 g/mol. The Morgan fingerprint density at radius 3 is 2.31 bits per heavy atom. The van der Waals surface area contributed by atoms with Crippen LogP contribution in [0.25, 0.3) is 0 Å². The monoisotopic (exact) mass is 364 g/mol. The molecule has 8 nitrogen and oxygen atoms in total. The lowest BCUT2D eigenvalue weighted by molar-refractivity contribution is -0.150. The van der Waals surface area contributed by atoms with Crippen molar-refractivity contribution in [3.63, 3.8) is 0 Å². The van der Waals surface area contributed by atoms with Gasteiger partial charge in [0.15, 0.2) is 0 Å². The number of ether oxygens (including phenoxy) is 1. The van der Waals surface area contributed by atoms with Crippen LogP contribution in [0.5, 0.6) is 0 Å². The van der Waals surface area contributed by atoms with Gasteiger partial charge in [-0.05, 0) is 38.5 Å². The smallest absolute Gasteiger partial charge is 0.303 e. The van der Waals surface area contributed by atoms with Gasteiger partial charge in [-0.1, -0.05) is 0 Å². The maximum atomic E-state index is 12.8. The summed E-state index contributed by atoms with van der Waals surface area (Å²) < 4.78 is 5.70. The van der Waals surface area contributed by atoms with Gasteiger partial charge in [0.25, 0.3) is 0 Å². The minimum absolute atomic E-state index is 0.0148. The van der Waals surface area contributed by atoms with Gasteiger partial charge >= 0.3 is 5.97 Å². The molecular formula is C18H24N2O6. The molecule has 0 saturated carbocycles. The second kappa shape index (κ2) is 6.64. The molecule has 4 rings (SSSR count). The molecule has 4 aliphatic rings. The van der Waals surface area contributed by atoms with E-state index in [1.807, 2.05) is 0 Å². The molecule has 5 atom stereocenters. The highest BCUT2D eigenvalue weighted by Gasteiger charge is 2.62. The normalized spacial score (nSPS) is 35.9. The van der Waals surface area contributed by atoms with Gasteiger partial charge in [-0.15, -0.1) is 0 Å². The summed E-state index contributed by atoms with van der Waals surface area (Å²) in [4.78, 5) is 51.8. The number of hydrogen-bond acceptors (Lipinski definition) is 5. The van der Waals surface area contributed by atoms with Crippen molar-refractivity contribution in [1.29, 1.82) is 0 Å². The third-order valence-electron chi connectivity index (χ3n) is 6.31. The highest BCUT2D eigenvalue weighted by atomic mass is 16.5. The number of carboxylic acids is 1. The molecule has 142 valence electrons. The van der Waals surface area contributed by atoms with Gasteiger partial charge in [-0.25, -0.2) is 0 Å². The van der Waals surface area contributed by atoms with Crippen molar-refractivity contribution in [2.45, 2.75) is 63.2 Å². The maximum Gasteiger partial charge on any atom is 0.303 e. The van der Waals surface area contributed by atoms with Crippen LogP contribution in [0.4, 0.5) is 0 Å². The van der Waals surface area contributed by atoms with Crippen molar-refractivity contribution >= 4 is 23.7 Å². The van der Waals surface area contributed by atoms with Crippen molar-refractivity contribution in [2.75, 3.05) is 13.1 Å². The third-order valence-corrected chi connectivity index (χ3v) is 6.31. The van der Waals surface area contributed by atoms with E-state index in [2.05, 4.69) is 0 Å². The number of hydrogen-bond donors (Lipinski definition) is 1. The van der Waals surface area contributed by atoms with E-state index in [1.165, 1.54) is 0 Å². The topological polar surface area (TPSA) is 104 Å². The molecule has 26 heavy (non-hydrogen) atoms. The highest BCUT2D eigenvalue weighted by molar-refractivity contribution is 6.08. The van der Waals surface area contributed by atoms with E-state index in [-0.39, 0.29) is 48.9 Å². The molecule has 3 amide bonds. The van der Waals surface area contributed by atoms with E-state index < -0.39 is 17.8 Å². The van der Waals surface area contributed by atoms with E-state index in [9.17, 15) is 19.2 Å². The first-order valence-electron chi connectivity index (χ1n) is 9.49. The number of imide groups is 1. The molecule has 0 aromatic heterocycles. The van der Waals surface area contributed by atoms with Crippen molar-refractivity contribution in [1.82, 2.24) is 9.80 Å². The van der Waals surface area contributed by atoms with Crippen molar-refractivity contribution < 1.29 is 29.0 Å². The number of amides is 3. The van der Waals surface area contributed by atoms with Gasteiger partial charge in [0, 0.05) is 19.0 Å². The number of rotatable bonds is 5. The van der Waals surface area contributed by atoms with Crippen LogP contribution in [0.1, 0.15) is 44.9 Å². The van der Waals surface area contributed by atoms with E-state index in [4.69, 9.17) is 9.84 Å². The average Bonchev–Trinajstić information content (AvgIpc) is 3.30. The van der Waals surface area contributed by atoms with Gasteiger partial charge in [0.2, 0.25) is 17.7 Å². The molecule has 0 spiro atoms. The van der Waals surface area contributed by atoms with Crippen LogP contribution in [0.15, 0.2) is 0 Å². The Morgan fingerprint density at radius 1 is 1.04 bits per heavy atom. The van der Waals surface area contributed by atoms with Gasteiger partial charge in [0.1, 0.15) is 6.54 Å². The minimum Gasteiger partial charge on any atom is -0.481 e. The molecule has 0 aliphatic carbocycles. The Bertz CT molecular complexity index is 622. The number of aliphatic carboxylic acids is 1. The lowest BCUT2D eigenvalue weighted by atomic mass is 9.81. The van der Waals surface area contributed by atoms with Crippen molar-refractivity contribution in [2.24, 2.45) is 11.8 Å². The van der Waals surface area contributed by atoms with E-state index in [1.54, 1.807) is 4.90 Å². The number of piperidine rings is 1. The summed E-state index contributed by atoms with van der Waals surface area (Å²) in [6, 6.07) is -0.126. The summed E-state index contributed by atoms with van der Waals surface area (Å²) >= 11 is 0. The van der Waals surface area contributed by atoms with Crippen LogP contribution < -0.4 is 0 Å². The predicted molar refractivity (Wildman–Crippen MR) is 87.8 cm³/mol. The molecule has 0 radical (unpaired) electrons. The molecule has 5 unspecified atom stereocenters. The van der Waals surface area contributed by atoms with Crippen LogP contribution in [-0.4, -0.2) is 69.9 Å². The van der Waals surface area contributed by atoms with Crippen LogP contribution in [-0.2, 0) is 23.9 Å². The van der Waals surface area contributed by atoms with Crippen LogP contribution in [0.2, 0.25) is 0 Å². The largest absolute Gasteiger partial charge is 0.481 e. The number of likely N-dealkylation sites (tertiary alicyclic amines) is 2. The lowest BCUT2D eigenvalue weighted by Crippen LogP contribution is -2.49. The second-order valence-corrected chi connectivity index (χ2v) is 7.77. The summed E-state index contributed by atoms with van der Waals surface area (Å²) in [7, 11) is 0. The third kappa shape index (κ3) is 2.80. The van der Waals surface area contributed by atoms with Gasteiger partial charge in [-0.3, -0.25) is 24.1 Å². The zero-order valence-corrected chi connectivity index (χ0v) is 14.6. The fourth-order valence-electron chi connectivity index (χ4n) is 5.07. The van der Waals surface area contributed by atoms with Crippen molar-refractivity contribution in [3.05, 3.63) is 0 Å². The molecule has 4 saturated heterocycles. The molecule has 4 aliphatic heterocycles. The molecule has 2 bridgehead atoms. The van der Waals surface area contributed by atoms with Crippen LogP contribution >= 0.6 is 0 Å². The number of nitrogens with zero attached hydrogens (tertiary/aromatic N) is 2. The quantitative estimate of drug-likeness (QED) is 0.708. The molecule has 1 N–H and O–H groups in total. The highest BCUT2D eigenvalue weighted by Crippen LogP contribution is 2.48. The summed E-state index contributed by atoms with van der Waals surface area (Å²) in [6.07, 6.45) is 4.25. The van der Waals surface area contributed by atoms with E-state index >= 15 is 0 Å². The Morgan fingerprint density at radius 2 is 1.69 bits per heavy atom. The summed E-state index contributed by atoms with van der Waals surface area (Å²) in [6.45, 7) is 0.328. The average molecular weight is 364 g/mol. The van der Waals surface area contributed by atoms with Crippen LogP contribution in [0.3, 0.4) is 0 Å². The number of fused-ring (bicyclic) bond motifs is 5. The SMILES string of the molecule is O=C(O)CCC1CCCCN1C(=O)CN1C(=O)C2C3CCC(O3)C2C1=O. The Balaban J connectivity index is 1.43. The summed E-state index contributed by atoms with van der Waals surface area (Å²) in [5.41, 5.74) is 0. The standard InChI is InChI=1S/C18H24N2O6/c21-13(19-8-2-1-3-10(19)4-7-14(22)23)9-20-17(24)15-11-5-6-12(26-11)16(15)18(20)25/h10-12,15-16H,1-9H2,(H,22,23). The first kappa shape index (κ1) is 17.5. The fraction of sp³-hybridized carbons (Fsp3) is 0.778. The molecule has 8 heteroatoms. The van der Waals surface area contributed by atoms with Crippen molar-refractivity contribution in [3.8, 4) is 0 Å². The molecule has 0 aromatic carbocycles. The Kier molecular flexibility index (Phi) is 4.46. The first-order valence-corrected chi connectivity index (χ1v) is 9.49. The van der Waals surface area contributed by atoms with Gasteiger partial charge in [0.05, 0.1) is 24.0 Å². The Labute approximate surface area is 151 Å². The zero-order valence-electron chi connectivity index (χ0n) is 14.6. The number of carbonyl (C=O) groups excluding carboxylic acids is 3. The fourth-order valence-corrected chi connectivity index (χ4v) is 5.07. The van der Waals surface area contributed by atoms with E-state index in [0.29, 0.717) is 13.0 Å². The van der Waals surface area contributed by atoms with E-state index in [0.717, 1.165) is 37.0 Å². The van der Waals surface area contributed by atoms with Gasteiger partial charge in [-0.2, -0.15) is 0 Å². The lowest BCUT2D eigenvalue weighted by Gasteiger charge is -2.36. The predicted octanol–water partition coefficient (Wildman–Crippen LogP) is 0.395. The minimum atomic E-state index is -0.879.